The molecule has 1 unspecified atom stereocenters. The van der Waals surface area contributed by atoms with Gasteiger partial charge in [-0.1, -0.05) is 19.3 Å². The van der Waals surface area contributed by atoms with Crippen LogP contribution in [0.15, 0.2) is 23.1 Å². The third kappa shape index (κ3) is 3.72. The smallest absolute Gasteiger partial charge is 0.243 e. The van der Waals surface area contributed by atoms with E-state index in [9.17, 15) is 8.42 Å². The summed E-state index contributed by atoms with van der Waals surface area (Å²) >= 11 is 0. The van der Waals surface area contributed by atoms with E-state index in [1.807, 2.05) is 13.0 Å². The number of nitrogens with one attached hydrogen (secondary N) is 1. The van der Waals surface area contributed by atoms with Gasteiger partial charge in [-0.15, -0.1) is 6.42 Å². The molecule has 1 rings (SSSR count). The van der Waals surface area contributed by atoms with E-state index in [1.165, 1.54) is 18.2 Å². The van der Waals surface area contributed by atoms with E-state index in [1.54, 1.807) is 0 Å². The quantitative estimate of drug-likeness (QED) is 0.624. The Morgan fingerprint density at radius 3 is 2.68 bits per heavy atom. The molecule has 0 saturated carbocycles. The predicted molar refractivity (Wildman–Crippen MR) is 73.4 cm³/mol. The monoisotopic (exact) mass is 277 g/mol. The standard InChI is InChI=1S/C13H15N3O2S/c1-3-5-11(4-2)16-19(17,18)13-7-6-10(9-14)8-12(13)15/h2,6-8,11,16H,3,5,15H2,1H3. The number of sulfonamides is 1. The zero-order valence-electron chi connectivity index (χ0n) is 10.6. The van der Waals surface area contributed by atoms with Gasteiger partial charge in [0.1, 0.15) is 4.90 Å². The molecule has 0 amide bonds. The highest BCUT2D eigenvalue weighted by Crippen LogP contribution is 2.20. The predicted octanol–water partition coefficient (Wildman–Crippen LogP) is 1.22. The van der Waals surface area contributed by atoms with Gasteiger partial charge in [0.2, 0.25) is 10.0 Å². The molecule has 6 heteroatoms. The van der Waals surface area contributed by atoms with Crippen LogP contribution in [-0.2, 0) is 10.0 Å². The van der Waals surface area contributed by atoms with Gasteiger partial charge in [-0.25, -0.2) is 8.42 Å². The molecule has 0 saturated heterocycles. The fourth-order valence-corrected chi connectivity index (χ4v) is 2.88. The first kappa shape index (κ1) is 15.0. The van der Waals surface area contributed by atoms with E-state index in [4.69, 9.17) is 17.4 Å². The van der Waals surface area contributed by atoms with Crippen molar-refractivity contribution in [2.75, 3.05) is 5.73 Å². The van der Waals surface area contributed by atoms with Gasteiger partial charge in [-0.2, -0.15) is 9.98 Å². The van der Waals surface area contributed by atoms with Crippen LogP contribution >= 0.6 is 0 Å². The Hall–Kier alpha value is -2.02. The fourth-order valence-electron chi connectivity index (χ4n) is 1.58. The average molecular weight is 277 g/mol. The maximum atomic E-state index is 12.1. The van der Waals surface area contributed by atoms with Gasteiger partial charge in [0.15, 0.2) is 0 Å². The van der Waals surface area contributed by atoms with Crippen LogP contribution in [0.4, 0.5) is 5.69 Å². The van der Waals surface area contributed by atoms with E-state index in [0.29, 0.717) is 12.0 Å². The molecule has 0 fully saturated rings. The first-order valence-electron chi connectivity index (χ1n) is 5.72. The van der Waals surface area contributed by atoms with Gasteiger partial charge in [-0.3, -0.25) is 0 Å². The average Bonchev–Trinajstić information content (AvgIpc) is 2.37. The number of nitrogens with zero attached hydrogens (tertiary/aromatic N) is 1. The van der Waals surface area contributed by atoms with E-state index in [-0.39, 0.29) is 10.6 Å². The SMILES string of the molecule is C#CC(CCC)NS(=O)(=O)c1ccc(C#N)cc1N. The summed E-state index contributed by atoms with van der Waals surface area (Å²) in [5, 5.41) is 8.71. The molecular weight excluding hydrogens is 262 g/mol. The molecule has 0 spiro atoms. The van der Waals surface area contributed by atoms with Crippen molar-refractivity contribution in [3.63, 3.8) is 0 Å². The zero-order chi connectivity index (χ0) is 14.5. The van der Waals surface area contributed by atoms with Crippen LogP contribution in [0.5, 0.6) is 0 Å². The van der Waals surface area contributed by atoms with E-state index < -0.39 is 16.1 Å². The number of nitrogen functional groups attached to an aromatic ring is 1. The van der Waals surface area contributed by atoms with Crippen LogP contribution in [0.3, 0.4) is 0 Å². The van der Waals surface area contributed by atoms with Crippen molar-refractivity contribution in [2.24, 2.45) is 0 Å². The molecule has 0 bridgehead atoms. The Bertz CT molecular complexity index is 639. The van der Waals surface area contributed by atoms with Crippen LogP contribution in [-0.4, -0.2) is 14.5 Å². The second-order valence-corrected chi connectivity index (χ2v) is 5.68. The van der Waals surface area contributed by atoms with Gasteiger partial charge in [0.25, 0.3) is 0 Å². The van der Waals surface area contributed by atoms with Crippen LogP contribution in [0.2, 0.25) is 0 Å². The molecule has 1 atom stereocenters. The number of hydrogen-bond acceptors (Lipinski definition) is 4. The van der Waals surface area contributed by atoms with Gasteiger partial charge in [-0.05, 0) is 24.6 Å². The highest BCUT2D eigenvalue weighted by atomic mass is 32.2. The maximum absolute atomic E-state index is 12.1. The third-order valence-electron chi connectivity index (χ3n) is 2.50. The fraction of sp³-hybridized carbons (Fsp3) is 0.308. The molecule has 3 N–H and O–H groups in total. The van der Waals surface area contributed by atoms with Crippen molar-refractivity contribution >= 4 is 15.7 Å². The Balaban J connectivity index is 3.08. The summed E-state index contributed by atoms with van der Waals surface area (Å²) in [7, 11) is -3.78. The molecule has 19 heavy (non-hydrogen) atoms. The second kappa shape index (κ2) is 6.24. The number of nitriles is 1. The lowest BCUT2D eigenvalue weighted by atomic mass is 10.2. The number of rotatable bonds is 5. The van der Waals surface area contributed by atoms with Crippen LogP contribution in [0.1, 0.15) is 25.3 Å². The molecule has 0 heterocycles. The summed E-state index contributed by atoms with van der Waals surface area (Å²) in [4.78, 5) is -0.0668. The Labute approximate surface area is 113 Å². The Morgan fingerprint density at radius 1 is 1.53 bits per heavy atom. The van der Waals surface area contributed by atoms with E-state index in [2.05, 4.69) is 10.6 Å². The molecule has 0 aromatic heterocycles. The number of hydrogen-bond donors (Lipinski definition) is 2. The zero-order valence-corrected chi connectivity index (χ0v) is 11.4. The number of benzene rings is 1. The van der Waals surface area contributed by atoms with Gasteiger partial charge in [0, 0.05) is 0 Å². The third-order valence-corrected chi connectivity index (χ3v) is 4.05. The van der Waals surface area contributed by atoms with Gasteiger partial charge >= 0.3 is 0 Å². The molecule has 0 aliphatic rings. The summed E-state index contributed by atoms with van der Waals surface area (Å²) in [6, 6.07) is 5.34. The minimum atomic E-state index is -3.78. The topological polar surface area (TPSA) is 96.0 Å². The molecule has 5 nitrogen and oxygen atoms in total. The summed E-state index contributed by atoms with van der Waals surface area (Å²) in [5.41, 5.74) is 5.98. The van der Waals surface area contributed by atoms with Gasteiger partial charge in [0.05, 0.1) is 23.4 Å². The Morgan fingerprint density at radius 2 is 2.21 bits per heavy atom. The molecule has 0 radical (unpaired) electrons. The second-order valence-electron chi connectivity index (χ2n) is 3.99. The van der Waals surface area contributed by atoms with Crippen molar-refractivity contribution in [2.45, 2.75) is 30.7 Å². The van der Waals surface area contributed by atoms with Crippen molar-refractivity contribution in [1.29, 1.82) is 5.26 Å². The van der Waals surface area contributed by atoms with Crippen LogP contribution in [0.25, 0.3) is 0 Å². The minimum absolute atomic E-state index is 0.0267. The number of nitrogens with two attached hydrogens (primary N) is 1. The molecule has 0 aliphatic carbocycles. The molecule has 0 aliphatic heterocycles. The lowest BCUT2D eigenvalue weighted by Gasteiger charge is -2.13. The number of terminal acetylenes is 1. The van der Waals surface area contributed by atoms with Crippen molar-refractivity contribution in [3.05, 3.63) is 23.8 Å². The van der Waals surface area contributed by atoms with E-state index >= 15 is 0 Å². The summed E-state index contributed by atoms with van der Waals surface area (Å²) in [5.74, 6) is 2.39. The molecular formula is C13H15N3O2S. The van der Waals surface area contributed by atoms with Crippen LogP contribution in [0, 0.1) is 23.7 Å². The summed E-state index contributed by atoms with van der Waals surface area (Å²) in [6.07, 6.45) is 6.59. The summed E-state index contributed by atoms with van der Waals surface area (Å²) in [6.45, 7) is 1.91. The first-order chi connectivity index (χ1) is 8.94. The molecule has 1 aromatic carbocycles. The van der Waals surface area contributed by atoms with Crippen LogP contribution < -0.4 is 10.5 Å². The lowest BCUT2D eigenvalue weighted by Crippen LogP contribution is -2.34. The lowest BCUT2D eigenvalue weighted by molar-refractivity contribution is 0.565. The number of anilines is 1. The normalized spacial score (nSPS) is 12.4. The van der Waals surface area contributed by atoms with Crippen molar-refractivity contribution < 1.29 is 8.42 Å². The summed E-state index contributed by atoms with van der Waals surface area (Å²) < 4.78 is 26.7. The maximum Gasteiger partial charge on any atom is 0.243 e. The highest BCUT2D eigenvalue weighted by Gasteiger charge is 2.20. The Kier molecular flexibility index (Phi) is 4.94. The van der Waals surface area contributed by atoms with E-state index in [0.717, 1.165) is 6.42 Å². The first-order valence-corrected chi connectivity index (χ1v) is 7.21. The van der Waals surface area contributed by atoms with Crippen molar-refractivity contribution in [1.82, 2.24) is 4.72 Å². The molecule has 100 valence electrons. The largest absolute Gasteiger partial charge is 0.398 e. The molecule has 1 aromatic rings. The minimum Gasteiger partial charge on any atom is -0.398 e. The van der Waals surface area contributed by atoms with Crippen molar-refractivity contribution in [3.8, 4) is 18.4 Å². The highest BCUT2D eigenvalue weighted by molar-refractivity contribution is 7.89. The van der Waals surface area contributed by atoms with Gasteiger partial charge < -0.3 is 5.73 Å².